The summed E-state index contributed by atoms with van der Waals surface area (Å²) >= 11 is 0. The lowest BCUT2D eigenvalue weighted by Gasteiger charge is -2.22. The number of hydrogen-bond acceptors (Lipinski definition) is 9. The van der Waals surface area contributed by atoms with E-state index in [-0.39, 0.29) is 56.5 Å². The predicted molar refractivity (Wildman–Crippen MR) is 119 cm³/mol. The lowest BCUT2D eigenvalue weighted by molar-refractivity contribution is 0.129. The molecule has 1 aliphatic rings. The zero-order valence-corrected chi connectivity index (χ0v) is 18.4. The number of amides is 3. The Morgan fingerprint density at radius 1 is 1.29 bits per heavy atom. The van der Waals surface area contributed by atoms with Gasteiger partial charge in [-0.25, -0.2) is 23.1 Å². The van der Waals surface area contributed by atoms with Crippen LogP contribution in [0.1, 0.15) is 0 Å². The van der Waals surface area contributed by atoms with Gasteiger partial charge in [-0.2, -0.15) is 0 Å². The molecule has 13 nitrogen and oxygen atoms in total. The highest BCUT2D eigenvalue weighted by atomic mass is 19.1. The highest BCUT2D eigenvalue weighted by Crippen LogP contribution is 2.29. The number of cyclic esters (lactones) is 1. The Morgan fingerprint density at radius 3 is 2.74 bits per heavy atom. The van der Waals surface area contributed by atoms with Crippen molar-refractivity contribution in [1.29, 1.82) is 0 Å². The van der Waals surface area contributed by atoms with Crippen LogP contribution in [0.4, 0.5) is 35.6 Å². The van der Waals surface area contributed by atoms with Gasteiger partial charge in [0.1, 0.15) is 18.1 Å². The van der Waals surface area contributed by atoms with Crippen LogP contribution in [-0.2, 0) is 11.3 Å². The number of aromatic nitrogens is 4. The first kappa shape index (κ1) is 23.9. The quantitative estimate of drug-likeness (QED) is 0.382. The number of nitrogens with two attached hydrogens (primary N) is 1. The minimum absolute atomic E-state index is 0.0217. The van der Waals surface area contributed by atoms with Gasteiger partial charge in [0.05, 0.1) is 25.0 Å². The van der Waals surface area contributed by atoms with Crippen LogP contribution in [0.15, 0.2) is 41.4 Å². The van der Waals surface area contributed by atoms with Gasteiger partial charge in [0.25, 0.3) is 0 Å². The maximum Gasteiger partial charge on any atom is 0.414 e. The molecule has 186 valence electrons. The van der Waals surface area contributed by atoms with Crippen LogP contribution >= 0.6 is 0 Å². The number of rotatable bonds is 10. The van der Waals surface area contributed by atoms with Gasteiger partial charge in [0.2, 0.25) is 0 Å². The number of carbonyl (C=O) groups is 2. The summed E-state index contributed by atoms with van der Waals surface area (Å²) in [5.74, 6) is -1.57. The van der Waals surface area contributed by atoms with Gasteiger partial charge in [0, 0.05) is 50.6 Å². The number of benzene rings is 1. The summed E-state index contributed by atoms with van der Waals surface area (Å²) < 4.78 is 40.9. The molecule has 1 aromatic carbocycles. The minimum atomic E-state index is -0.898. The molecule has 2 aromatic heterocycles. The number of hydrogen-bond donors (Lipinski definition) is 3. The number of urea groups is 1. The summed E-state index contributed by atoms with van der Waals surface area (Å²) in [5, 5.41) is 16.3. The standard InChI is InChI=1S/C20H23F2N9O4/c21-15-9-13(31-12-14(35-20(31)33)11-30-7-4-25-28-30)10-16(22)18(15)24-3-6-29(5-2-23)19(32)26-17-1-8-34-27-17/h1,4,7-10,14,24H,2-3,5-6,11-12,23H2,(H,26,27,32)/t14-/m0/s1. The smallest absolute Gasteiger partial charge is 0.414 e. The van der Waals surface area contributed by atoms with Gasteiger partial charge >= 0.3 is 12.1 Å². The number of carbonyl (C=O) groups excluding carboxylic acids is 2. The van der Waals surface area contributed by atoms with Gasteiger partial charge in [-0.3, -0.25) is 10.2 Å². The van der Waals surface area contributed by atoms with E-state index in [1.807, 2.05) is 0 Å². The fourth-order valence-corrected chi connectivity index (χ4v) is 3.50. The highest BCUT2D eigenvalue weighted by molar-refractivity contribution is 5.90. The van der Waals surface area contributed by atoms with Crippen molar-refractivity contribution >= 4 is 29.3 Å². The maximum absolute atomic E-state index is 14.7. The van der Waals surface area contributed by atoms with E-state index in [0.29, 0.717) is 0 Å². The van der Waals surface area contributed by atoms with E-state index in [1.54, 1.807) is 6.20 Å². The van der Waals surface area contributed by atoms with Crippen molar-refractivity contribution in [3.05, 3.63) is 48.5 Å². The Hall–Kier alpha value is -4.27. The van der Waals surface area contributed by atoms with Crippen LogP contribution in [0.2, 0.25) is 0 Å². The molecule has 35 heavy (non-hydrogen) atoms. The Kier molecular flexibility index (Phi) is 7.35. The number of ether oxygens (including phenoxy) is 1. The van der Waals surface area contributed by atoms with Crippen LogP contribution < -0.4 is 21.3 Å². The predicted octanol–water partition coefficient (Wildman–Crippen LogP) is 1.47. The molecular weight excluding hydrogens is 468 g/mol. The number of anilines is 3. The molecule has 4 rings (SSSR count). The number of halogens is 2. The molecule has 1 aliphatic heterocycles. The molecule has 3 heterocycles. The highest BCUT2D eigenvalue weighted by Gasteiger charge is 2.33. The average molecular weight is 491 g/mol. The van der Waals surface area contributed by atoms with Gasteiger partial charge in [0.15, 0.2) is 17.5 Å². The first-order chi connectivity index (χ1) is 16.9. The molecular formula is C20H23F2N9O4. The van der Waals surface area contributed by atoms with Crippen molar-refractivity contribution in [2.24, 2.45) is 5.73 Å². The van der Waals surface area contributed by atoms with Crippen molar-refractivity contribution < 1.29 is 27.6 Å². The number of nitrogens with zero attached hydrogens (tertiary/aromatic N) is 6. The molecule has 0 spiro atoms. The van der Waals surface area contributed by atoms with Gasteiger partial charge < -0.3 is 25.2 Å². The van der Waals surface area contributed by atoms with Crippen molar-refractivity contribution in [2.45, 2.75) is 12.6 Å². The molecule has 1 atom stereocenters. The third kappa shape index (κ3) is 5.81. The van der Waals surface area contributed by atoms with Crippen molar-refractivity contribution in [3.63, 3.8) is 0 Å². The second-order valence-electron chi connectivity index (χ2n) is 7.54. The Morgan fingerprint density at radius 2 is 2.09 bits per heavy atom. The van der Waals surface area contributed by atoms with Crippen LogP contribution in [0, 0.1) is 11.6 Å². The Balaban J connectivity index is 1.35. The molecule has 0 saturated carbocycles. The van der Waals surface area contributed by atoms with Crippen LogP contribution in [0.5, 0.6) is 0 Å². The summed E-state index contributed by atoms with van der Waals surface area (Å²) in [6, 6.07) is 3.06. The molecule has 0 bridgehead atoms. The molecule has 1 fully saturated rings. The molecule has 3 amide bonds. The van der Waals surface area contributed by atoms with Crippen LogP contribution in [0.25, 0.3) is 0 Å². The van der Waals surface area contributed by atoms with Gasteiger partial charge in [-0.15, -0.1) is 5.10 Å². The summed E-state index contributed by atoms with van der Waals surface area (Å²) in [6.45, 7) is 0.889. The summed E-state index contributed by atoms with van der Waals surface area (Å²) in [6.07, 6.45) is 3.14. The Bertz CT molecular complexity index is 1120. The second-order valence-corrected chi connectivity index (χ2v) is 7.54. The van der Waals surface area contributed by atoms with E-state index < -0.39 is 29.9 Å². The first-order valence-electron chi connectivity index (χ1n) is 10.7. The van der Waals surface area contributed by atoms with E-state index in [4.69, 9.17) is 10.5 Å². The third-order valence-electron chi connectivity index (χ3n) is 5.12. The second kappa shape index (κ2) is 10.8. The Labute approximate surface area is 197 Å². The van der Waals surface area contributed by atoms with Crippen molar-refractivity contribution in [3.8, 4) is 0 Å². The SMILES string of the molecule is NCCN(CCNc1c(F)cc(N2C[C@H](Cn3ccnn3)OC2=O)cc1F)C(=O)Nc1ccon1. The lowest BCUT2D eigenvalue weighted by Crippen LogP contribution is -2.41. The summed E-state index contributed by atoms with van der Waals surface area (Å²) in [4.78, 5) is 27.1. The molecule has 1 saturated heterocycles. The van der Waals surface area contributed by atoms with Crippen LogP contribution in [-0.4, -0.2) is 76.0 Å². The molecule has 0 aliphatic carbocycles. The zero-order chi connectivity index (χ0) is 24.8. The first-order valence-corrected chi connectivity index (χ1v) is 10.7. The van der Waals surface area contributed by atoms with Gasteiger partial charge in [-0.05, 0) is 0 Å². The monoisotopic (exact) mass is 491 g/mol. The van der Waals surface area contributed by atoms with E-state index in [2.05, 4.69) is 30.6 Å². The fourth-order valence-electron chi connectivity index (χ4n) is 3.50. The molecule has 0 unspecified atom stereocenters. The normalized spacial score (nSPS) is 15.2. The topological polar surface area (TPSA) is 157 Å². The lowest BCUT2D eigenvalue weighted by atomic mass is 10.2. The molecule has 3 aromatic rings. The number of nitrogens with one attached hydrogen (secondary N) is 2. The fraction of sp³-hybridized carbons (Fsp3) is 0.350. The third-order valence-corrected chi connectivity index (χ3v) is 5.12. The molecule has 4 N–H and O–H groups in total. The molecule has 15 heteroatoms. The van der Waals surface area contributed by atoms with E-state index >= 15 is 0 Å². The minimum Gasteiger partial charge on any atom is -0.442 e. The van der Waals surface area contributed by atoms with Crippen LogP contribution in [0.3, 0.4) is 0 Å². The van der Waals surface area contributed by atoms with Gasteiger partial charge in [-0.1, -0.05) is 10.4 Å². The van der Waals surface area contributed by atoms with E-state index in [9.17, 15) is 18.4 Å². The van der Waals surface area contributed by atoms with E-state index in [0.717, 1.165) is 17.0 Å². The van der Waals surface area contributed by atoms with Crippen molar-refractivity contribution in [2.75, 3.05) is 48.3 Å². The zero-order valence-electron chi connectivity index (χ0n) is 18.4. The summed E-state index contributed by atoms with van der Waals surface area (Å²) in [5.41, 5.74) is 5.20. The van der Waals surface area contributed by atoms with Crippen molar-refractivity contribution in [1.82, 2.24) is 25.1 Å². The summed E-state index contributed by atoms with van der Waals surface area (Å²) in [7, 11) is 0. The molecule has 0 radical (unpaired) electrons. The maximum atomic E-state index is 14.7. The largest absolute Gasteiger partial charge is 0.442 e. The average Bonchev–Trinajstić information content (AvgIpc) is 3.58. The van der Waals surface area contributed by atoms with E-state index in [1.165, 1.54) is 28.1 Å².